The standard InChI is InChI=1S/C9H19NSi/c1-6-7-9(2)10-8-11(3,4)5/h6-7H,8H2,1-5H3/b7-6+,10-9+. The summed E-state index contributed by atoms with van der Waals surface area (Å²) in [5.41, 5.74) is 1.15. The molecule has 64 valence electrons. The van der Waals surface area contributed by atoms with Gasteiger partial charge < -0.3 is 0 Å². The van der Waals surface area contributed by atoms with Crippen LogP contribution in [-0.4, -0.2) is 20.0 Å². The lowest BCUT2D eigenvalue weighted by atomic mass is 10.4. The molecule has 1 nitrogen and oxygen atoms in total. The number of allylic oxidation sites excluding steroid dienone is 2. The zero-order valence-electron chi connectivity index (χ0n) is 8.31. The Kier molecular flexibility index (Phi) is 4.34. The number of rotatable bonds is 3. The van der Waals surface area contributed by atoms with Crippen molar-refractivity contribution in [1.29, 1.82) is 0 Å². The van der Waals surface area contributed by atoms with Crippen LogP contribution in [0, 0.1) is 0 Å². The highest BCUT2D eigenvalue weighted by molar-refractivity contribution is 6.76. The molecule has 0 radical (unpaired) electrons. The summed E-state index contributed by atoms with van der Waals surface area (Å²) < 4.78 is 0. The van der Waals surface area contributed by atoms with Crippen LogP contribution in [-0.2, 0) is 0 Å². The Balaban J connectivity index is 3.93. The molecule has 0 N–H and O–H groups in total. The van der Waals surface area contributed by atoms with Gasteiger partial charge in [-0.05, 0) is 19.9 Å². The minimum atomic E-state index is -0.970. The lowest BCUT2D eigenvalue weighted by Crippen LogP contribution is -2.25. The Morgan fingerprint density at radius 3 is 2.27 bits per heavy atom. The Morgan fingerprint density at radius 2 is 1.91 bits per heavy atom. The lowest BCUT2D eigenvalue weighted by Gasteiger charge is -2.11. The van der Waals surface area contributed by atoms with Crippen LogP contribution >= 0.6 is 0 Å². The molecule has 0 amide bonds. The van der Waals surface area contributed by atoms with E-state index in [1.165, 1.54) is 0 Å². The molecule has 0 fully saturated rings. The maximum Gasteiger partial charge on any atom is 0.0692 e. The van der Waals surface area contributed by atoms with Crippen molar-refractivity contribution in [3.8, 4) is 0 Å². The van der Waals surface area contributed by atoms with Crippen LogP contribution in [0.25, 0.3) is 0 Å². The molecule has 0 aliphatic heterocycles. The number of aliphatic imine (C=N–C) groups is 1. The zero-order chi connectivity index (χ0) is 8.91. The van der Waals surface area contributed by atoms with Crippen molar-refractivity contribution in [3.05, 3.63) is 12.2 Å². The maximum absolute atomic E-state index is 4.48. The smallest absolute Gasteiger partial charge is 0.0692 e. The zero-order valence-corrected chi connectivity index (χ0v) is 9.31. The summed E-state index contributed by atoms with van der Waals surface area (Å²) >= 11 is 0. The predicted octanol–water partition coefficient (Wildman–Crippen LogP) is 2.90. The maximum atomic E-state index is 4.48. The quantitative estimate of drug-likeness (QED) is 0.455. The first kappa shape index (κ1) is 10.6. The van der Waals surface area contributed by atoms with Gasteiger partial charge in [-0.1, -0.05) is 25.7 Å². The third-order valence-electron chi connectivity index (χ3n) is 1.21. The fraction of sp³-hybridized carbons (Fsp3) is 0.667. The van der Waals surface area contributed by atoms with E-state index in [4.69, 9.17) is 0 Å². The van der Waals surface area contributed by atoms with Gasteiger partial charge >= 0.3 is 0 Å². The van der Waals surface area contributed by atoms with Gasteiger partial charge in [-0.2, -0.15) is 0 Å². The second-order valence-electron chi connectivity index (χ2n) is 4.02. The highest BCUT2D eigenvalue weighted by Gasteiger charge is 2.10. The predicted molar refractivity (Wildman–Crippen MR) is 56.1 cm³/mol. The van der Waals surface area contributed by atoms with Gasteiger partial charge in [-0.3, -0.25) is 4.99 Å². The van der Waals surface area contributed by atoms with Crippen molar-refractivity contribution in [3.63, 3.8) is 0 Å². The fourth-order valence-electron chi connectivity index (χ4n) is 0.656. The van der Waals surface area contributed by atoms with Crippen LogP contribution in [0.3, 0.4) is 0 Å². The third kappa shape index (κ3) is 7.52. The van der Waals surface area contributed by atoms with Crippen molar-refractivity contribution < 1.29 is 0 Å². The second-order valence-corrected chi connectivity index (χ2v) is 9.46. The van der Waals surface area contributed by atoms with Crippen molar-refractivity contribution >= 4 is 13.8 Å². The van der Waals surface area contributed by atoms with Gasteiger partial charge in [-0.15, -0.1) is 0 Å². The molecule has 0 unspecified atom stereocenters. The summed E-state index contributed by atoms with van der Waals surface area (Å²) in [6, 6.07) is 0. The van der Waals surface area contributed by atoms with Crippen molar-refractivity contribution in [2.45, 2.75) is 33.5 Å². The molecule has 11 heavy (non-hydrogen) atoms. The molecule has 0 aliphatic rings. The molecule has 2 heteroatoms. The molecule has 0 aromatic carbocycles. The minimum absolute atomic E-state index is 0.970. The number of hydrogen-bond acceptors (Lipinski definition) is 1. The van der Waals surface area contributed by atoms with Crippen molar-refractivity contribution in [1.82, 2.24) is 0 Å². The molecular weight excluding hydrogens is 150 g/mol. The first-order chi connectivity index (χ1) is 4.95. The van der Waals surface area contributed by atoms with E-state index in [0.29, 0.717) is 0 Å². The van der Waals surface area contributed by atoms with Gasteiger partial charge in [-0.25, -0.2) is 0 Å². The molecule has 0 saturated carbocycles. The second kappa shape index (κ2) is 4.49. The van der Waals surface area contributed by atoms with Gasteiger partial charge in [0.25, 0.3) is 0 Å². The largest absolute Gasteiger partial charge is 0.293 e. The number of nitrogens with zero attached hydrogens (tertiary/aromatic N) is 1. The van der Waals surface area contributed by atoms with Crippen molar-refractivity contribution in [2.75, 3.05) is 6.17 Å². The summed E-state index contributed by atoms with van der Waals surface area (Å²) in [6.07, 6.45) is 5.13. The van der Waals surface area contributed by atoms with Gasteiger partial charge in [0.2, 0.25) is 0 Å². The summed E-state index contributed by atoms with van der Waals surface area (Å²) in [6.45, 7) is 11.1. The van der Waals surface area contributed by atoms with Crippen LogP contribution in [0.5, 0.6) is 0 Å². The number of hydrogen-bond donors (Lipinski definition) is 0. The van der Waals surface area contributed by atoms with E-state index in [0.717, 1.165) is 11.9 Å². The first-order valence-corrected chi connectivity index (χ1v) is 7.80. The van der Waals surface area contributed by atoms with Crippen LogP contribution in [0.15, 0.2) is 17.1 Å². The average molecular weight is 169 g/mol. The summed E-state index contributed by atoms with van der Waals surface area (Å²) in [7, 11) is -0.970. The average Bonchev–Trinajstić information content (AvgIpc) is 1.83. The monoisotopic (exact) mass is 169 g/mol. The Morgan fingerprint density at radius 1 is 1.36 bits per heavy atom. The molecule has 0 aromatic heterocycles. The molecule has 0 atom stereocenters. The van der Waals surface area contributed by atoms with Crippen LogP contribution in [0.2, 0.25) is 19.6 Å². The van der Waals surface area contributed by atoms with Gasteiger partial charge in [0.15, 0.2) is 0 Å². The normalized spacial score (nSPS) is 14.5. The molecule has 0 saturated heterocycles. The SMILES string of the molecule is C/C=C/C(C)=N/C[Si](C)(C)C. The fourth-order valence-corrected chi connectivity index (χ4v) is 1.38. The van der Waals surface area contributed by atoms with Crippen LogP contribution in [0.4, 0.5) is 0 Å². The first-order valence-electron chi connectivity index (χ1n) is 4.09. The molecule has 0 aromatic rings. The minimum Gasteiger partial charge on any atom is -0.293 e. The van der Waals surface area contributed by atoms with Crippen LogP contribution < -0.4 is 0 Å². The van der Waals surface area contributed by atoms with E-state index in [2.05, 4.69) is 37.6 Å². The highest BCUT2D eigenvalue weighted by Crippen LogP contribution is 2.00. The van der Waals surface area contributed by atoms with E-state index in [-0.39, 0.29) is 0 Å². The summed E-state index contributed by atoms with van der Waals surface area (Å²) in [4.78, 5) is 4.48. The Labute approximate surface area is 71.2 Å². The van der Waals surface area contributed by atoms with E-state index in [1.54, 1.807) is 0 Å². The van der Waals surface area contributed by atoms with Crippen molar-refractivity contribution in [2.24, 2.45) is 4.99 Å². The van der Waals surface area contributed by atoms with E-state index in [1.807, 2.05) is 13.0 Å². The van der Waals surface area contributed by atoms with Crippen LogP contribution in [0.1, 0.15) is 13.8 Å². The summed E-state index contributed by atoms with van der Waals surface area (Å²) in [5.74, 6) is 0. The van der Waals surface area contributed by atoms with Gasteiger partial charge in [0.1, 0.15) is 0 Å². The molecule has 0 heterocycles. The molecule has 0 spiro atoms. The van der Waals surface area contributed by atoms with E-state index >= 15 is 0 Å². The van der Waals surface area contributed by atoms with E-state index < -0.39 is 8.07 Å². The summed E-state index contributed by atoms with van der Waals surface area (Å²) in [5, 5.41) is 0. The molecule has 0 aliphatic carbocycles. The third-order valence-corrected chi connectivity index (χ3v) is 2.32. The molecule has 0 rings (SSSR count). The molecular formula is C9H19NSi. The topological polar surface area (TPSA) is 12.4 Å². The Hall–Kier alpha value is -0.373. The van der Waals surface area contributed by atoms with Gasteiger partial charge in [0, 0.05) is 11.9 Å². The lowest BCUT2D eigenvalue weighted by molar-refractivity contribution is 1.27. The molecule has 0 bridgehead atoms. The van der Waals surface area contributed by atoms with Gasteiger partial charge in [0.05, 0.1) is 8.07 Å². The van der Waals surface area contributed by atoms with E-state index in [9.17, 15) is 0 Å². The Bertz CT molecular complexity index is 163. The highest BCUT2D eigenvalue weighted by atomic mass is 28.3.